The maximum atomic E-state index is 12.6. The van der Waals surface area contributed by atoms with Crippen LogP contribution < -0.4 is 29.7 Å². The van der Waals surface area contributed by atoms with Crippen molar-refractivity contribution in [2.24, 2.45) is 0 Å². The Balaban J connectivity index is 1.27. The average Bonchev–Trinajstić information content (AvgIpc) is 2.83. The third-order valence-electron chi connectivity index (χ3n) is 5.70. The van der Waals surface area contributed by atoms with Gasteiger partial charge in [0, 0.05) is 49.7 Å². The lowest BCUT2D eigenvalue weighted by molar-refractivity contribution is -0.124. The van der Waals surface area contributed by atoms with Crippen molar-refractivity contribution in [3.8, 4) is 17.2 Å². The van der Waals surface area contributed by atoms with E-state index in [1.54, 1.807) is 25.3 Å². The van der Waals surface area contributed by atoms with Crippen molar-refractivity contribution in [1.29, 1.82) is 0 Å². The van der Waals surface area contributed by atoms with Crippen LogP contribution in [0.3, 0.4) is 0 Å². The number of benzene rings is 2. The lowest BCUT2D eigenvalue weighted by atomic mass is 10.2. The second kappa shape index (κ2) is 9.78. The molecule has 4 rings (SSSR count). The minimum atomic E-state index is -0.575. The standard InChI is InChI=1S/C23H28N4O5/c1-16(26-8-10-27(11-9-26)18-4-3-5-19(15-18)30-2)22(28)25-23(29)24-17-6-7-20-21(14-17)32-13-12-31-20/h3-7,14-16H,8-13H2,1-2H3,(H2,24,25,28,29). The summed E-state index contributed by atoms with van der Waals surface area (Å²) in [6.07, 6.45) is 0. The summed E-state index contributed by atoms with van der Waals surface area (Å²) in [6.45, 7) is 5.78. The van der Waals surface area contributed by atoms with Gasteiger partial charge in [-0.1, -0.05) is 6.07 Å². The first-order valence-corrected chi connectivity index (χ1v) is 10.7. The Morgan fingerprint density at radius 3 is 2.50 bits per heavy atom. The fourth-order valence-corrected chi connectivity index (χ4v) is 3.84. The highest BCUT2D eigenvalue weighted by molar-refractivity contribution is 6.02. The Labute approximate surface area is 187 Å². The van der Waals surface area contributed by atoms with Crippen LogP contribution in [-0.4, -0.2) is 69.4 Å². The Bertz CT molecular complexity index is 975. The van der Waals surface area contributed by atoms with Gasteiger partial charge >= 0.3 is 6.03 Å². The normalized spacial score (nSPS) is 16.8. The SMILES string of the molecule is COc1cccc(N2CCN(C(C)C(=O)NC(=O)Nc3ccc4c(c3)OCCO4)CC2)c1. The number of nitrogens with one attached hydrogen (secondary N) is 2. The molecule has 3 amide bonds. The third-order valence-corrected chi connectivity index (χ3v) is 5.70. The quantitative estimate of drug-likeness (QED) is 0.737. The average molecular weight is 441 g/mol. The molecule has 9 heteroatoms. The number of carbonyl (C=O) groups is 2. The number of carbonyl (C=O) groups excluding carboxylic acids is 2. The van der Waals surface area contributed by atoms with E-state index < -0.39 is 12.1 Å². The molecule has 0 bridgehead atoms. The molecule has 0 saturated carbocycles. The van der Waals surface area contributed by atoms with Crippen molar-refractivity contribution in [2.75, 3.05) is 56.7 Å². The van der Waals surface area contributed by atoms with Crippen LogP contribution in [0.15, 0.2) is 42.5 Å². The molecule has 0 spiro atoms. The third kappa shape index (κ3) is 5.05. The predicted molar refractivity (Wildman–Crippen MR) is 121 cm³/mol. The molecular weight excluding hydrogens is 412 g/mol. The van der Waals surface area contributed by atoms with E-state index in [1.807, 2.05) is 25.1 Å². The highest BCUT2D eigenvalue weighted by Crippen LogP contribution is 2.32. The number of rotatable bonds is 5. The molecule has 32 heavy (non-hydrogen) atoms. The maximum absolute atomic E-state index is 12.6. The fourth-order valence-electron chi connectivity index (χ4n) is 3.84. The van der Waals surface area contributed by atoms with Gasteiger partial charge < -0.3 is 24.4 Å². The summed E-state index contributed by atoms with van der Waals surface area (Å²) in [5.41, 5.74) is 1.62. The van der Waals surface area contributed by atoms with Crippen molar-refractivity contribution >= 4 is 23.3 Å². The first-order chi connectivity index (χ1) is 15.5. The Morgan fingerprint density at radius 2 is 1.75 bits per heavy atom. The van der Waals surface area contributed by atoms with Crippen molar-refractivity contribution in [1.82, 2.24) is 10.2 Å². The van der Waals surface area contributed by atoms with Crippen LogP contribution in [0, 0.1) is 0 Å². The summed E-state index contributed by atoms with van der Waals surface area (Å²) >= 11 is 0. The summed E-state index contributed by atoms with van der Waals surface area (Å²) in [5, 5.41) is 5.11. The molecule has 2 aliphatic heterocycles. The van der Waals surface area contributed by atoms with E-state index in [0.717, 1.165) is 37.6 Å². The number of urea groups is 1. The first kappa shape index (κ1) is 21.8. The zero-order valence-electron chi connectivity index (χ0n) is 18.3. The van der Waals surface area contributed by atoms with Crippen molar-refractivity contribution in [3.05, 3.63) is 42.5 Å². The van der Waals surface area contributed by atoms with Gasteiger partial charge in [0.15, 0.2) is 11.5 Å². The molecule has 0 aromatic heterocycles. The zero-order chi connectivity index (χ0) is 22.5. The van der Waals surface area contributed by atoms with E-state index in [4.69, 9.17) is 14.2 Å². The van der Waals surface area contributed by atoms with Crippen LogP contribution in [0.25, 0.3) is 0 Å². The number of ether oxygens (including phenoxy) is 3. The van der Waals surface area contributed by atoms with Crippen LogP contribution in [0.1, 0.15) is 6.92 Å². The number of methoxy groups -OCH3 is 1. The highest BCUT2D eigenvalue weighted by atomic mass is 16.6. The van der Waals surface area contributed by atoms with Crippen molar-refractivity contribution in [2.45, 2.75) is 13.0 Å². The Kier molecular flexibility index (Phi) is 6.65. The van der Waals surface area contributed by atoms with Gasteiger partial charge in [-0.25, -0.2) is 4.79 Å². The van der Waals surface area contributed by atoms with Gasteiger partial charge in [0.1, 0.15) is 19.0 Å². The number of nitrogens with zero attached hydrogens (tertiary/aromatic N) is 2. The smallest absolute Gasteiger partial charge is 0.325 e. The molecule has 2 aromatic rings. The summed E-state index contributed by atoms with van der Waals surface area (Å²) in [7, 11) is 1.65. The molecule has 2 aliphatic rings. The molecule has 0 aliphatic carbocycles. The van der Waals surface area contributed by atoms with Gasteiger partial charge in [0.25, 0.3) is 0 Å². The van der Waals surface area contributed by atoms with E-state index in [0.29, 0.717) is 30.4 Å². The van der Waals surface area contributed by atoms with Gasteiger partial charge in [0.05, 0.1) is 13.2 Å². The lowest BCUT2D eigenvalue weighted by Gasteiger charge is -2.38. The fraction of sp³-hybridized carbons (Fsp3) is 0.391. The number of piperazine rings is 1. The van der Waals surface area contributed by atoms with E-state index in [9.17, 15) is 9.59 Å². The van der Waals surface area contributed by atoms with Crippen LogP contribution in [-0.2, 0) is 4.79 Å². The minimum Gasteiger partial charge on any atom is -0.497 e. The largest absolute Gasteiger partial charge is 0.497 e. The lowest BCUT2D eigenvalue weighted by Crippen LogP contribution is -2.55. The van der Waals surface area contributed by atoms with Crippen LogP contribution in [0.2, 0.25) is 0 Å². The molecular formula is C23H28N4O5. The Hall–Kier alpha value is -3.46. The first-order valence-electron chi connectivity index (χ1n) is 10.7. The number of imide groups is 1. The van der Waals surface area contributed by atoms with Crippen molar-refractivity contribution < 1.29 is 23.8 Å². The predicted octanol–water partition coefficient (Wildman–Crippen LogP) is 2.33. The molecule has 2 N–H and O–H groups in total. The summed E-state index contributed by atoms with van der Waals surface area (Å²) in [6, 6.07) is 12.1. The monoisotopic (exact) mass is 440 g/mol. The number of amides is 3. The molecule has 1 atom stereocenters. The molecule has 1 saturated heterocycles. The summed E-state index contributed by atoms with van der Waals surface area (Å²) in [4.78, 5) is 29.3. The van der Waals surface area contributed by atoms with Crippen LogP contribution >= 0.6 is 0 Å². The maximum Gasteiger partial charge on any atom is 0.325 e. The van der Waals surface area contributed by atoms with E-state index in [-0.39, 0.29) is 5.91 Å². The second-order valence-electron chi connectivity index (χ2n) is 7.70. The molecule has 170 valence electrons. The van der Waals surface area contributed by atoms with E-state index in [2.05, 4.69) is 26.5 Å². The van der Waals surface area contributed by atoms with E-state index in [1.165, 1.54) is 0 Å². The van der Waals surface area contributed by atoms with Crippen molar-refractivity contribution in [3.63, 3.8) is 0 Å². The summed E-state index contributed by atoms with van der Waals surface area (Å²) in [5.74, 6) is 1.69. The zero-order valence-corrected chi connectivity index (χ0v) is 18.3. The van der Waals surface area contributed by atoms with E-state index >= 15 is 0 Å². The molecule has 2 aromatic carbocycles. The van der Waals surface area contributed by atoms with Gasteiger partial charge in [-0.2, -0.15) is 0 Å². The molecule has 9 nitrogen and oxygen atoms in total. The summed E-state index contributed by atoms with van der Waals surface area (Å²) < 4.78 is 16.3. The minimum absolute atomic E-state index is 0.338. The van der Waals surface area contributed by atoms with Gasteiger partial charge in [0.2, 0.25) is 5.91 Å². The second-order valence-corrected chi connectivity index (χ2v) is 7.70. The van der Waals surface area contributed by atoms with Gasteiger partial charge in [-0.05, 0) is 31.2 Å². The van der Waals surface area contributed by atoms with Gasteiger partial charge in [-0.15, -0.1) is 0 Å². The van der Waals surface area contributed by atoms with Gasteiger partial charge in [-0.3, -0.25) is 15.0 Å². The van der Waals surface area contributed by atoms with Crippen LogP contribution in [0.4, 0.5) is 16.2 Å². The number of fused-ring (bicyclic) bond motifs is 1. The topological polar surface area (TPSA) is 92.4 Å². The van der Waals surface area contributed by atoms with Crippen LogP contribution in [0.5, 0.6) is 17.2 Å². The Morgan fingerprint density at radius 1 is 1.00 bits per heavy atom. The number of anilines is 2. The molecule has 1 fully saturated rings. The number of hydrogen-bond acceptors (Lipinski definition) is 7. The molecule has 0 radical (unpaired) electrons. The highest BCUT2D eigenvalue weighted by Gasteiger charge is 2.27. The molecule has 1 unspecified atom stereocenters. The molecule has 2 heterocycles. The number of hydrogen-bond donors (Lipinski definition) is 2.